The molecule has 1 heterocycles. The van der Waals surface area contributed by atoms with E-state index in [0.717, 1.165) is 5.56 Å². The molecule has 1 amide bonds. The second kappa shape index (κ2) is 7.55. The molecule has 0 radical (unpaired) electrons. The fraction of sp³-hybridized carbons (Fsp3) is 0.294. The fourth-order valence-corrected chi connectivity index (χ4v) is 3.75. The Labute approximate surface area is 142 Å². The van der Waals surface area contributed by atoms with Gasteiger partial charge in [-0.2, -0.15) is 4.31 Å². The summed E-state index contributed by atoms with van der Waals surface area (Å²) < 4.78 is 26.2. The van der Waals surface area contributed by atoms with E-state index in [2.05, 4.69) is 10.3 Å². The van der Waals surface area contributed by atoms with Crippen LogP contribution in [0.2, 0.25) is 0 Å². The third-order valence-electron chi connectivity index (χ3n) is 3.70. The third-order valence-corrected chi connectivity index (χ3v) is 5.77. The molecule has 0 aliphatic heterocycles. The van der Waals surface area contributed by atoms with E-state index in [-0.39, 0.29) is 10.8 Å². The summed E-state index contributed by atoms with van der Waals surface area (Å²) in [4.78, 5) is 16.6. The predicted molar refractivity (Wildman–Crippen MR) is 93.5 cm³/mol. The summed E-state index contributed by atoms with van der Waals surface area (Å²) in [5.41, 5.74) is 1.23. The average molecular weight is 347 g/mol. The van der Waals surface area contributed by atoms with Crippen molar-refractivity contribution in [2.45, 2.75) is 25.7 Å². The molecule has 2 rings (SSSR count). The Bertz CT molecular complexity index is 813. The Morgan fingerprint density at radius 1 is 1.12 bits per heavy atom. The maximum absolute atomic E-state index is 12.4. The zero-order chi connectivity index (χ0) is 17.7. The molecule has 128 valence electrons. The Morgan fingerprint density at radius 3 is 2.29 bits per heavy atom. The smallest absolute Gasteiger partial charge is 0.256 e. The highest BCUT2D eigenvalue weighted by Gasteiger charge is 2.21. The van der Waals surface area contributed by atoms with Crippen molar-refractivity contribution < 1.29 is 13.2 Å². The number of anilines is 1. The second-order valence-corrected chi connectivity index (χ2v) is 7.17. The molecule has 0 aliphatic carbocycles. The molecule has 0 atom stereocenters. The minimum atomic E-state index is -3.52. The molecule has 0 saturated carbocycles. The summed E-state index contributed by atoms with van der Waals surface area (Å²) in [5.74, 6) is 0.158. The van der Waals surface area contributed by atoms with Gasteiger partial charge in [-0.15, -0.1) is 0 Å². The topological polar surface area (TPSA) is 79.4 Å². The molecule has 0 unspecified atom stereocenters. The Balaban J connectivity index is 2.20. The van der Waals surface area contributed by atoms with E-state index in [1.807, 2.05) is 13.0 Å². The van der Waals surface area contributed by atoms with Crippen molar-refractivity contribution in [2.75, 3.05) is 18.4 Å². The van der Waals surface area contributed by atoms with Gasteiger partial charge in [-0.05, 0) is 42.8 Å². The number of carbonyl (C=O) groups excluding carboxylic acids is 1. The molecule has 0 bridgehead atoms. The number of benzene rings is 1. The number of aryl methyl sites for hydroxylation is 1. The van der Waals surface area contributed by atoms with Gasteiger partial charge in [0.05, 0.1) is 4.90 Å². The molecular formula is C17H21N3O3S. The van der Waals surface area contributed by atoms with Gasteiger partial charge in [0.25, 0.3) is 5.91 Å². The number of pyridine rings is 1. The van der Waals surface area contributed by atoms with E-state index in [4.69, 9.17) is 0 Å². The van der Waals surface area contributed by atoms with Crippen LogP contribution in [0, 0.1) is 6.92 Å². The van der Waals surface area contributed by atoms with Gasteiger partial charge in [0.2, 0.25) is 10.0 Å². The SMILES string of the molecule is CCN(CC)S(=O)(=O)c1ccc(C(=O)Nc2ncccc2C)cc1. The molecule has 0 spiro atoms. The lowest BCUT2D eigenvalue weighted by Crippen LogP contribution is -2.30. The molecule has 1 aromatic carbocycles. The summed E-state index contributed by atoms with van der Waals surface area (Å²) in [6.07, 6.45) is 1.60. The number of nitrogens with one attached hydrogen (secondary N) is 1. The minimum absolute atomic E-state index is 0.178. The monoisotopic (exact) mass is 347 g/mol. The molecule has 6 nitrogen and oxygen atoms in total. The molecule has 0 fully saturated rings. The van der Waals surface area contributed by atoms with Gasteiger partial charge in [0.1, 0.15) is 5.82 Å². The highest BCUT2D eigenvalue weighted by atomic mass is 32.2. The van der Waals surface area contributed by atoms with E-state index in [1.165, 1.54) is 28.6 Å². The highest BCUT2D eigenvalue weighted by Crippen LogP contribution is 2.17. The first-order chi connectivity index (χ1) is 11.4. The lowest BCUT2D eigenvalue weighted by Gasteiger charge is -2.18. The van der Waals surface area contributed by atoms with Gasteiger partial charge in [-0.25, -0.2) is 13.4 Å². The fourth-order valence-electron chi connectivity index (χ4n) is 2.29. The van der Waals surface area contributed by atoms with Crippen LogP contribution < -0.4 is 5.32 Å². The zero-order valence-electron chi connectivity index (χ0n) is 14.0. The van der Waals surface area contributed by atoms with Crippen LogP contribution in [0.4, 0.5) is 5.82 Å². The van der Waals surface area contributed by atoms with Crippen LogP contribution in [0.1, 0.15) is 29.8 Å². The molecule has 0 saturated heterocycles. The average Bonchev–Trinajstić information content (AvgIpc) is 2.58. The van der Waals surface area contributed by atoms with Crippen molar-refractivity contribution in [1.82, 2.24) is 9.29 Å². The summed E-state index contributed by atoms with van der Waals surface area (Å²) >= 11 is 0. The molecule has 1 aromatic heterocycles. The lowest BCUT2D eigenvalue weighted by molar-refractivity contribution is 0.102. The van der Waals surface area contributed by atoms with Crippen molar-refractivity contribution >= 4 is 21.7 Å². The Hall–Kier alpha value is -2.25. The number of carbonyl (C=O) groups is 1. The minimum Gasteiger partial charge on any atom is -0.306 e. The lowest BCUT2D eigenvalue weighted by atomic mass is 10.2. The standard InChI is InChI=1S/C17H21N3O3S/c1-4-20(5-2)24(22,23)15-10-8-14(9-11-15)17(21)19-16-13(3)7-6-12-18-16/h6-12H,4-5H2,1-3H3,(H,18,19,21). The number of amides is 1. The van der Waals surface area contributed by atoms with Gasteiger partial charge in [0.15, 0.2) is 0 Å². The molecule has 7 heteroatoms. The normalized spacial score (nSPS) is 11.5. The maximum Gasteiger partial charge on any atom is 0.256 e. The first kappa shape index (κ1) is 18.1. The van der Waals surface area contributed by atoms with Crippen LogP contribution in [-0.4, -0.2) is 36.7 Å². The maximum atomic E-state index is 12.4. The number of rotatable bonds is 6. The van der Waals surface area contributed by atoms with Crippen molar-refractivity contribution in [1.29, 1.82) is 0 Å². The Kier molecular flexibility index (Phi) is 5.69. The van der Waals surface area contributed by atoms with Gasteiger partial charge in [0, 0.05) is 24.8 Å². The van der Waals surface area contributed by atoms with Crippen LogP contribution >= 0.6 is 0 Å². The number of aromatic nitrogens is 1. The van der Waals surface area contributed by atoms with Crippen molar-refractivity contribution in [3.8, 4) is 0 Å². The van der Waals surface area contributed by atoms with Crippen LogP contribution in [-0.2, 0) is 10.0 Å². The summed E-state index contributed by atoms with van der Waals surface area (Å²) in [7, 11) is -3.52. The molecule has 0 aliphatic rings. The molecule has 24 heavy (non-hydrogen) atoms. The van der Waals surface area contributed by atoms with Crippen LogP contribution in [0.15, 0.2) is 47.5 Å². The predicted octanol–water partition coefficient (Wildman–Crippen LogP) is 2.67. The molecule has 1 N–H and O–H groups in total. The summed E-state index contributed by atoms with van der Waals surface area (Å²) in [5, 5.41) is 2.72. The first-order valence-electron chi connectivity index (χ1n) is 7.73. The molecular weight excluding hydrogens is 326 g/mol. The largest absolute Gasteiger partial charge is 0.306 e. The van der Waals surface area contributed by atoms with Crippen molar-refractivity contribution in [3.63, 3.8) is 0 Å². The highest BCUT2D eigenvalue weighted by molar-refractivity contribution is 7.89. The van der Waals surface area contributed by atoms with E-state index in [1.54, 1.807) is 26.1 Å². The first-order valence-corrected chi connectivity index (χ1v) is 9.17. The van der Waals surface area contributed by atoms with E-state index in [0.29, 0.717) is 24.5 Å². The van der Waals surface area contributed by atoms with E-state index >= 15 is 0 Å². The van der Waals surface area contributed by atoms with Crippen molar-refractivity contribution in [2.24, 2.45) is 0 Å². The number of hydrogen-bond donors (Lipinski definition) is 1. The zero-order valence-corrected chi connectivity index (χ0v) is 14.8. The van der Waals surface area contributed by atoms with Gasteiger partial charge in [-0.1, -0.05) is 19.9 Å². The summed E-state index contributed by atoms with van der Waals surface area (Å²) in [6.45, 7) is 6.23. The number of sulfonamides is 1. The number of nitrogens with zero attached hydrogens (tertiary/aromatic N) is 2. The van der Waals surface area contributed by atoms with Crippen LogP contribution in [0.5, 0.6) is 0 Å². The van der Waals surface area contributed by atoms with Crippen LogP contribution in [0.3, 0.4) is 0 Å². The van der Waals surface area contributed by atoms with Gasteiger partial charge >= 0.3 is 0 Å². The van der Waals surface area contributed by atoms with Crippen molar-refractivity contribution in [3.05, 3.63) is 53.7 Å². The number of hydrogen-bond acceptors (Lipinski definition) is 4. The van der Waals surface area contributed by atoms with Gasteiger partial charge in [-0.3, -0.25) is 4.79 Å². The van der Waals surface area contributed by atoms with E-state index < -0.39 is 10.0 Å². The second-order valence-electron chi connectivity index (χ2n) is 5.24. The van der Waals surface area contributed by atoms with E-state index in [9.17, 15) is 13.2 Å². The third kappa shape index (κ3) is 3.80. The Morgan fingerprint density at radius 2 is 1.75 bits per heavy atom. The summed E-state index contributed by atoms with van der Waals surface area (Å²) in [6, 6.07) is 9.55. The van der Waals surface area contributed by atoms with Gasteiger partial charge < -0.3 is 5.32 Å². The molecule has 2 aromatic rings. The van der Waals surface area contributed by atoms with Crippen LogP contribution in [0.25, 0.3) is 0 Å². The quantitative estimate of drug-likeness (QED) is 0.871.